The van der Waals surface area contributed by atoms with Gasteiger partial charge in [0.15, 0.2) is 0 Å². The average molecular weight is 213 g/mol. The fourth-order valence-corrected chi connectivity index (χ4v) is 1.91. The number of nitrogens with two attached hydrogens (primary N) is 2. The third-order valence-corrected chi connectivity index (χ3v) is 2.84. The van der Waals surface area contributed by atoms with Gasteiger partial charge in [-0.05, 0) is 26.2 Å². The molecule has 0 aromatic heterocycles. The van der Waals surface area contributed by atoms with Crippen LogP contribution in [0.15, 0.2) is 0 Å². The molecule has 5 heteroatoms. The number of carbonyl (C=O) groups is 2. The molecule has 1 saturated carbocycles. The van der Waals surface area contributed by atoms with E-state index in [2.05, 4.69) is 5.32 Å². The molecule has 2 unspecified atom stereocenters. The third-order valence-electron chi connectivity index (χ3n) is 2.84. The highest BCUT2D eigenvalue weighted by Gasteiger charge is 2.26. The molecule has 5 nitrogen and oxygen atoms in total. The van der Waals surface area contributed by atoms with Gasteiger partial charge in [-0.1, -0.05) is 6.42 Å². The summed E-state index contributed by atoms with van der Waals surface area (Å²) in [6, 6.07) is -0.450. The van der Waals surface area contributed by atoms with Crippen LogP contribution in [0.1, 0.15) is 32.6 Å². The number of hydrogen-bond acceptors (Lipinski definition) is 3. The van der Waals surface area contributed by atoms with Crippen LogP contribution < -0.4 is 16.8 Å². The summed E-state index contributed by atoms with van der Waals surface area (Å²) in [5.41, 5.74) is 10.7. The van der Waals surface area contributed by atoms with Crippen molar-refractivity contribution >= 4 is 11.8 Å². The lowest BCUT2D eigenvalue weighted by Crippen LogP contribution is -2.46. The summed E-state index contributed by atoms with van der Waals surface area (Å²) < 4.78 is 0. The highest BCUT2D eigenvalue weighted by atomic mass is 16.2. The number of rotatable bonds is 3. The Bertz CT molecular complexity index is 253. The number of hydrogen-bond donors (Lipinski definition) is 3. The quantitative estimate of drug-likeness (QED) is 0.589. The topological polar surface area (TPSA) is 98.2 Å². The minimum absolute atomic E-state index is 0.0507. The zero-order valence-corrected chi connectivity index (χ0v) is 9.03. The summed E-state index contributed by atoms with van der Waals surface area (Å²) in [5.74, 6) is -0.531. The molecule has 0 radical (unpaired) electrons. The van der Waals surface area contributed by atoms with E-state index in [0.29, 0.717) is 6.42 Å². The van der Waals surface area contributed by atoms with Crippen molar-refractivity contribution in [1.82, 2.24) is 5.32 Å². The Balaban J connectivity index is 2.43. The molecule has 0 aromatic rings. The number of primary amides is 1. The van der Waals surface area contributed by atoms with E-state index in [-0.39, 0.29) is 23.8 Å². The SMILES string of the molecule is C[C@H](N)C(=O)NC1CCCC(C(N)=O)C1. The van der Waals surface area contributed by atoms with Crippen LogP contribution in [0.2, 0.25) is 0 Å². The van der Waals surface area contributed by atoms with Gasteiger partial charge >= 0.3 is 0 Å². The molecule has 0 aromatic carbocycles. The molecule has 0 heterocycles. The maximum Gasteiger partial charge on any atom is 0.236 e. The van der Waals surface area contributed by atoms with Gasteiger partial charge in [-0.25, -0.2) is 0 Å². The van der Waals surface area contributed by atoms with E-state index in [1.165, 1.54) is 0 Å². The Kier molecular flexibility index (Phi) is 4.08. The van der Waals surface area contributed by atoms with Crippen LogP contribution in [0.3, 0.4) is 0 Å². The molecule has 15 heavy (non-hydrogen) atoms. The molecule has 1 aliphatic rings. The number of carbonyl (C=O) groups excluding carboxylic acids is 2. The first-order chi connectivity index (χ1) is 7.00. The zero-order valence-electron chi connectivity index (χ0n) is 9.03. The van der Waals surface area contributed by atoms with Crippen molar-refractivity contribution in [2.24, 2.45) is 17.4 Å². The maximum absolute atomic E-state index is 11.3. The number of nitrogens with one attached hydrogen (secondary N) is 1. The molecule has 86 valence electrons. The second-order valence-electron chi connectivity index (χ2n) is 4.26. The van der Waals surface area contributed by atoms with Crippen molar-refractivity contribution in [2.45, 2.75) is 44.7 Å². The van der Waals surface area contributed by atoms with E-state index < -0.39 is 6.04 Å². The lowest BCUT2D eigenvalue weighted by atomic mass is 9.85. The summed E-state index contributed by atoms with van der Waals surface area (Å²) in [4.78, 5) is 22.3. The van der Waals surface area contributed by atoms with E-state index in [1.807, 2.05) is 0 Å². The van der Waals surface area contributed by atoms with Crippen LogP contribution in [0, 0.1) is 5.92 Å². The second kappa shape index (κ2) is 5.11. The van der Waals surface area contributed by atoms with Gasteiger partial charge in [0.1, 0.15) is 0 Å². The van der Waals surface area contributed by atoms with Gasteiger partial charge in [0.2, 0.25) is 11.8 Å². The molecule has 0 saturated heterocycles. The van der Waals surface area contributed by atoms with Gasteiger partial charge in [0, 0.05) is 12.0 Å². The smallest absolute Gasteiger partial charge is 0.236 e. The van der Waals surface area contributed by atoms with Crippen LogP contribution in [-0.2, 0) is 9.59 Å². The Hall–Kier alpha value is -1.10. The van der Waals surface area contributed by atoms with E-state index in [9.17, 15) is 9.59 Å². The van der Waals surface area contributed by atoms with Gasteiger partial charge in [-0.15, -0.1) is 0 Å². The fourth-order valence-electron chi connectivity index (χ4n) is 1.91. The molecule has 0 bridgehead atoms. The third kappa shape index (κ3) is 3.51. The maximum atomic E-state index is 11.3. The zero-order chi connectivity index (χ0) is 11.4. The molecular formula is C10H19N3O2. The van der Waals surface area contributed by atoms with E-state index in [1.54, 1.807) is 6.92 Å². The molecule has 1 aliphatic carbocycles. The standard InChI is InChI=1S/C10H19N3O2/c1-6(11)10(15)13-8-4-2-3-7(5-8)9(12)14/h6-8H,2-5,11H2,1H3,(H2,12,14)(H,13,15)/t6-,7?,8?/m0/s1. The summed E-state index contributed by atoms with van der Waals surface area (Å²) in [6.45, 7) is 1.64. The van der Waals surface area contributed by atoms with Crippen LogP contribution in [0.25, 0.3) is 0 Å². The Morgan fingerprint density at radius 3 is 2.60 bits per heavy atom. The van der Waals surface area contributed by atoms with Crippen LogP contribution >= 0.6 is 0 Å². The van der Waals surface area contributed by atoms with Gasteiger partial charge in [-0.3, -0.25) is 9.59 Å². The highest BCUT2D eigenvalue weighted by Crippen LogP contribution is 2.23. The molecule has 1 rings (SSSR count). The van der Waals surface area contributed by atoms with Crippen LogP contribution in [0.5, 0.6) is 0 Å². The lowest BCUT2D eigenvalue weighted by molar-refractivity contribution is -0.125. The minimum atomic E-state index is -0.501. The normalized spacial score (nSPS) is 28.1. The predicted octanol–water partition coefficient (Wildman–Crippen LogP) is -0.506. The summed E-state index contributed by atoms with van der Waals surface area (Å²) in [6.07, 6.45) is 3.31. The molecule has 1 fully saturated rings. The fraction of sp³-hybridized carbons (Fsp3) is 0.800. The molecule has 5 N–H and O–H groups in total. The monoisotopic (exact) mass is 213 g/mol. The molecule has 2 amide bonds. The van der Waals surface area contributed by atoms with Gasteiger partial charge in [0.25, 0.3) is 0 Å². The molecule has 3 atom stereocenters. The van der Waals surface area contributed by atoms with Crippen molar-refractivity contribution in [2.75, 3.05) is 0 Å². The largest absolute Gasteiger partial charge is 0.369 e. The predicted molar refractivity (Wildman–Crippen MR) is 56.7 cm³/mol. The van der Waals surface area contributed by atoms with Gasteiger partial charge in [-0.2, -0.15) is 0 Å². The first kappa shape index (κ1) is 12.0. The van der Waals surface area contributed by atoms with Gasteiger partial charge in [0.05, 0.1) is 6.04 Å². The minimum Gasteiger partial charge on any atom is -0.369 e. The van der Waals surface area contributed by atoms with Crippen molar-refractivity contribution in [3.05, 3.63) is 0 Å². The highest BCUT2D eigenvalue weighted by molar-refractivity contribution is 5.81. The van der Waals surface area contributed by atoms with Crippen molar-refractivity contribution in [1.29, 1.82) is 0 Å². The number of amides is 2. The van der Waals surface area contributed by atoms with E-state index >= 15 is 0 Å². The van der Waals surface area contributed by atoms with Gasteiger partial charge < -0.3 is 16.8 Å². The lowest BCUT2D eigenvalue weighted by Gasteiger charge is -2.28. The summed E-state index contributed by atoms with van der Waals surface area (Å²) in [5, 5.41) is 2.83. The molecule has 0 aliphatic heterocycles. The Morgan fingerprint density at radius 1 is 1.40 bits per heavy atom. The van der Waals surface area contributed by atoms with E-state index in [0.717, 1.165) is 19.3 Å². The van der Waals surface area contributed by atoms with Crippen LogP contribution in [-0.4, -0.2) is 23.9 Å². The van der Waals surface area contributed by atoms with Crippen molar-refractivity contribution in [3.63, 3.8) is 0 Å². The van der Waals surface area contributed by atoms with E-state index in [4.69, 9.17) is 11.5 Å². The first-order valence-electron chi connectivity index (χ1n) is 5.36. The summed E-state index contributed by atoms with van der Waals surface area (Å²) in [7, 11) is 0. The Morgan fingerprint density at radius 2 is 2.07 bits per heavy atom. The second-order valence-corrected chi connectivity index (χ2v) is 4.26. The molecule has 0 spiro atoms. The van der Waals surface area contributed by atoms with Crippen molar-refractivity contribution in [3.8, 4) is 0 Å². The first-order valence-corrected chi connectivity index (χ1v) is 5.36. The Labute approximate surface area is 89.6 Å². The van der Waals surface area contributed by atoms with Crippen LogP contribution in [0.4, 0.5) is 0 Å². The average Bonchev–Trinajstić information content (AvgIpc) is 2.18. The summed E-state index contributed by atoms with van der Waals surface area (Å²) >= 11 is 0. The van der Waals surface area contributed by atoms with Crippen molar-refractivity contribution < 1.29 is 9.59 Å². The molecular weight excluding hydrogens is 194 g/mol.